The van der Waals surface area contributed by atoms with Crippen LogP contribution < -0.4 is 15.5 Å². The number of phenols is 1. The van der Waals surface area contributed by atoms with E-state index in [1.807, 2.05) is 26.0 Å². The van der Waals surface area contributed by atoms with Crippen LogP contribution >= 0.6 is 11.6 Å². The van der Waals surface area contributed by atoms with Gasteiger partial charge in [-0.05, 0) is 50.1 Å². The Labute approximate surface area is 168 Å². The lowest BCUT2D eigenvalue weighted by atomic mass is 10.1. The maximum Gasteiger partial charge on any atom is 0.249 e. The number of amides is 2. The monoisotopic (exact) mass is 403 g/mol. The second-order valence-corrected chi connectivity index (χ2v) is 6.53. The number of nitrogens with one attached hydrogen (secondary N) is 2. The van der Waals surface area contributed by atoms with Gasteiger partial charge in [0, 0.05) is 5.69 Å². The molecule has 0 fully saturated rings. The largest absolute Gasteiger partial charge is 0.503 e. The minimum atomic E-state index is -0.562. The van der Waals surface area contributed by atoms with Gasteiger partial charge in [-0.2, -0.15) is 5.10 Å². The van der Waals surface area contributed by atoms with Crippen LogP contribution in [0.2, 0.25) is 5.02 Å². The van der Waals surface area contributed by atoms with Crippen LogP contribution in [0.4, 0.5) is 5.69 Å². The number of hydrazone groups is 1. The van der Waals surface area contributed by atoms with Crippen molar-refractivity contribution >= 4 is 35.3 Å². The Balaban J connectivity index is 1.92. The van der Waals surface area contributed by atoms with Crippen molar-refractivity contribution in [3.8, 4) is 11.5 Å². The van der Waals surface area contributed by atoms with E-state index in [4.69, 9.17) is 16.3 Å². The van der Waals surface area contributed by atoms with Crippen molar-refractivity contribution in [2.75, 3.05) is 11.9 Å². The standard InChI is InChI=1S/C20H22ClN3O4/c1-4-28-17-9-14(8-15(21)20(17)27)11-22-24-19(26)10-18(25)23-16-6-5-12(2)7-13(16)3/h5-9,11,27H,4,10H2,1-3H3,(H,23,25)(H,24,26). The third-order valence-electron chi connectivity index (χ3n) is 3.73. The average Bonchev–Trinajstić information content (AvgIpc) is 2.61. The Bertz CT molecular complexity index is 913. The summed E-state index contributed by atoms with van der Waals surface area (Å²) < 4.78 is 5.28. The predicted octanol–water partition coefficient (Wildman–Crippen LogP) is 3.54. The molecule has 3 N–H and O–H groups in total. The van der Waals surface area contributed by atoms with Gasteiger partial charge < -0.3 is 15.2 Å². The van der Waals surface area contributed by atoms with E-state index >= 15 is 0 Å². The van der Waals surface area contributed by atoms with Crippen LogP contribution in [-0.4, -0.2) is 29.7 Å². The molecule has 0 unspecified atom stereocenters. The minimum Gasteiger partial charge on any atom is -0.503 e. The molecule has 0 spiro atoms. The Kier molecular flexibility index (Phi) is 7.40. The number of anilines is 1. The minimum absolute atomic E-state index is 0.103. The number of benzene rings is 2. The molecule has 2 amide bonds. The highest BCUT2D eigenvalue weighted by Gasteiger charge is 2.11. The summed E-state index contributed by atoms with van der Waals surface area (Å²) in [5.74, 6) is -0.942. The van der Waals surface area contributed by atoms with E-state index < -0.39 is 11.8 Å². The molecule has 2 aromatic carbocycles. The second kappa shape index (κ2) is 9.75. The number of aryl methyl sites for hydroxylation is 2. The molecule has 7 nitrogen and oxygen atoms in total. The summed E-state index contributed by atoms with van der Waals surface area (Å²) >= 11 is 5.93. The third kappa shape index (κ3) is 5.99. The van der Waals surface area contributed by atoms with Crippen LogP contribution in [0.5, 0.6) is 11.5 Å². The third-order valence-corrected chi connectivity index (χ3v) is 4.02. The molecule has 28 heavy (non-hydrogen) atoms. The van der Waals surface area contributed by atoms with E-state index in [1.54, 1.807) is 13.0 Å². The number of carbonyl (C=O) groups is 2. The number of ether oxygens (including phenoxy) is 1. The zero-order chi connectivity index (χ0) is 20.7. The molecular weight excluding hydrogens is 382 g/mol. The molecular formula is C20H22ClN3O4. The number of nitrogens with zero attached hydrogens (tertiary/aromatic N) is 1. The van der Waals surface area contributed by atoms with Crippen LogP contribution in [0.3, 0.4) is 0 Å². The van der Waals surface area contributed by atoms with Gasteiger partial charge in [0.15, 0.2) is 11.5 Å². The fourth-order valence-corrected chi connectivity index (χ4v) is 2.67. The van der Waals surface area contributed by atoms with Gasteiger partial charge >= 0.3 is 0 Å². The first kappa shape index (κ1) is 21.2. The maximum atomic E-state index is 12.0. The van der Waals surface area contributed by atoms with Gasteiger partial charge in [-0.1, -0.05) is 29.3 Å². The zero-order valence-corrected chi connectivity index (χ0v) is 16.6. The van der Waals surface area contributed by atoms with Gasteiger partial charge in [-0.25, -0.2) is 5.43 Å². The van der Waals surface area contributed by atoms with Crippen LogP contribution in [0.25, 0.3) is 0 Å². The molecule has 0 radical (unpaired) electrons. The highest BCUT2D eigenvalue weighted by Crippen LogP contribution is 2.34. The van der Waals surface area contributed by atoms with Crippen LogP contribution in [0.15, 0.2) is 35.4 Å². The molecule has 0 aromatic heterocycles. The summed E-state index contributed by atoms with van der Waals surface area (Å²) in [6.45, 7) is 5.98. The van der Waals surface area contributed by atoms with Crippen molar-refractivity contribution < 1.29 is 19.4 Å². The topological polar surface area (TPSA) is 100 Å². The molecule has 0 saturated carbocycles. The highest BCUT2D eigenvalue weighted by molar-refractivity contribution is 6.32. The van der Waals surface area contributed by atoms with E-state index in [2.05, 4.69) is 15.8 Å². The molecule has 0 saturated heterocycles. The smallest absolute Gasteiger partial charge is 0.249 e. The SMILES string of the molecule is CCOc1cc(C=NNC(=O)CC(=O)Nc2ccc(C)cc2C)cc(Cl)c1O. The highest BCUT2D eigenvalue weighted by atomic mass is 35.5. The number of rotatable bonds is 7. The fraction of sp³-hybridized carbons (Fsp3) is 0.250. The number of hydrogen-bond acceptors (Lipinski definition) is 5. The van der Waals surface area contributed by atoms with Crippen LogP contribution in [-0.2, 0) is 9.59 Å². The summed E-state index contributed by atoms with van der Waals surface area (Å²) in [5.41, 5.74) is 5.47. The zero-order valence-electron chi connectivity index (χ0n) is 15.9. The first-order valence-corrected chi connectivity index (χ1v) is 9.02. The predicted molar refractivity (Wildman–Crippen MR) is 109 cm³/mol. The van der Waals surface area contributed by atoms with Crippen molar-refractivity contribution in [3.05, 3.63) is 52.0 Å². The molecule has 2 aromatic rings. The number of halogens is 1. The number of phenolic OH excluding ortho intramolecular Hbond substituents is 1. The summed E-state index contributed by atoms with van der Waals surface area (Å²) in [4.78, 5) is 23.9. The van der Waals surface area contributed by atoms with Crippen molar-refractivity contribution in [3.63, 3.8) is 0 Å². The molecule has 2 rings (SSSR count). The molecule has 0 heterocycles. The lowest BCUT2D eigenvalue weighted by Crippen LogP contribution is -2.24. The van der Waals surface area contributed by atoms with Crippen LogP contribution in [0.1, 0.15) is 30.0 Å². The normalized spacial score (nSPS) is 10.7. The number of hydrogen-bond donors (Lipinski definition) is 3. The van der Waals surface area contributed by atoms with Gasteiger partial charge in [0.25, 0.3) is 0 Å². The Morgan fingerprint density at radius 2 is 1.96 bits per heavy atom. The molecule has 0 bridgehead atoms. The Hall–Kier alpha value is -3.06. The average molecular weight is 404 g/mol. The van der Waals surface area contributed by atoms with Gasteiger partial charge in [0.2, 0.25) is 11.8 Å². The van der Waals surface area contributed by atoms with Crippen molar-refractivity contribution in [2.45, 2.75) is 27.2 Å². The van der Waals surface area contributed by atoms with Crippen LogP contribution in [0, 0.1) is 13.8 Å². The molecule has 148 valence electrons. The second-order valence-electron chi connectivity index (χ2n) is 6.12. The molecule has 0 atom stereocenters. The van der Waals surface area contributed by atoms with E-state index in [9.17, 15) is 14.7 Å². The summed E-state index contributed by atoms with van der Waals surface area (Å²) in [5, 5.41) is 16.4. The van der Waals surface area contributed by atoms with Crippen molar-refractivity contribution in [1.82, 2.24) is 5.43 Å². The lowest BCUT2D eigenvalue weighted by molar-refractivity contribution is -0.126. The number of aromatic hydroxyl groups is 1. The summed E-state index contributed by atoms with van der Waals surface area (Å²) in [7, 11) is 0. The Morgan fingerprint density at radius 3 is 2.64 bits per heavy atom. The molecule has 0 aliphatic carbocycles. The number of carbonyl (C=O) groups excluding carboxylic acids is 2. The Morgan fingerprint density at radius 1 is 1.21 bits per heavy atom. The van der Waals surface area contributed by atoms with E-state index in [-0.39, 0.29) is 22.9 Å². The molecule has 8 heteroatoms. The van der Waals surface area contributed by atoms with E-state index in [0.29, 0.717) is 17.9 Å². The van der Waals surface area contributed by atoms with Crippen molar-refractivity contribution in [1.29, 1.82) is 0 Å². The van der Waals surface area contributed by atoms with E-state index in [1.165, 1.54) is 18.3 Å². The van der Waals surface area contributed by atoms with Gasteiger partial charge in [0.05, 0.1) is 17.8 Å². The van der Waals surface area contributed by atoms with Gasteiger partial charge in [-0.15, -0.1) is 0 Å². The summed E-state index contributed by atoms with van der Waals surface area (Å²) in [6.07, 6.45) is 0.971. The quantitative estimate of drug-likeness (QED) is 0.374. The lowest BCUT2D eigenvalue weighted by Gasteiger charge is -2.09. The van der Waals surface area contributed by atoms with Gasteiger partial charge in [0.1, 0.15) is 6.42 Å². The fourth-order valence-electron chi connectivity index (χ4n) is 2.45. The van der Waals surface area contributed by atoms with Gasteiger partial charge in [-0.3, -0.25) is 9.59 Å². The van der Waals surface area contributed by atoms with Crippen molar-refractivity contribution in [2.24, 2.45) is 5.10 Å². The first-order valence-electron chi connectivity index (χ1n) is 8.64. The maximum absolute atomic E-state index is 12.0. The first-order chi connectivity index (χ1) is 13.3. The summed E-state index contributed by atoms with van der Waals surface area (Å²) in [6, 6.07) is 8.63. The molecule has 0 aliphatic heterocycles. The molecule has 0 aliphatic rings. The van der Waals surface area contributed by atoms with E-state index in [0.717, 1.165) is 11.1 Å².